The Labute approximate surface area is 173 Å². The van der Waals surface area contributed by atoms with Gasteiger partial charge in [0.15, 0.2) is 6.10 Å². The van der Waals surface area contributed by atoms with E-state index >= 15 is 0 Å². The molecule has 3 aromatic carbocycles. The van der Waals surface area contributed by atoms with Gasteiger partial charge in [-0.3, -0.25) is 4.79 Å². The number of anilines is 1. The van der Waals surface area contributed by atoms with Crippen LogP contribution in [-0.2, 0) is 4.79 Å². The second kappa shape index (κ2) is 9.35. The molecule has 0 spiro atoms. The molecule has 0 unspecified atom stereocenters. The van der Waals surface area contributed by atoms with Crippen LogP contribution in [0, 0.1) is 0 Å². The zero-order valence-electron chi connectivity index (χ0n) is 15.0. The number of hydrogen-bond acceptors (Lipinski definition) is 4. The van der Waals surface area contributed by atoms with E-state index < -0.39 is 6.10 Å². The summed E-state index contributed by atoms with van der Waals surface area (Å²) in [6, 6.07) is 21.3. The van der Waals surface area contributed by atoms with Crippen molar-refractivity contribution < 1.29 is 9.53 Å². The van der Waals surface area contributed by atoms with Crippen LogP contribution in [0.15, 0.2) is 83.0 Å². The standard InChI is InChI=1S/C21H17Cl2N3O2/c1-14(28-20-12-7-15(22)13-19(20)23)21(27)24-16-8-10-18(11-9-16)26-25-17-5-3-2-4-6-17/h2-14H,1H3,(H,24,27)/t14-/m0/s1. The molecule has 0 aromatic heterocycles. The third-order valence-corrected chi connectivity index (χ3v) is 4.27. The fourth-order valence-corrected chi connectivity index (χ4v) is 2.73. The van der Waals surface area contributed by atoms with Gasteiger partial charge in [-0.1, -0.05) is 41.4 Å². The molecule has 0 aliphatic carbocycles. The van der Waals surface area contributed by atoms with Crippen molar-refractivity contribution in [3.63, 3.8) is 0 Å². The van der Waals surface area contributed by atoms with E-state index in [2.05, 4.69) is 15.5 Å². The van der Waals surface area contributed by atoms with Crippen LogP contribution in [0.4, 0.5) is 17.1 Å². The zero-order valence-corrected chi connectivity index (χ0v) is 16.5. The number of benzene rings is 3. The van der Waals surface area contributed by atoms with Crippen LogP contribution in [-0.4, -0.2) is 12.0 Å². The summed E-state index contributed by atoms with van der Waals surface area (Å²) in [7, 11) is 0. The predicted molar refractivity (Wildman–Crippen MR) is 112 cm³/mol. The van der Waals surface area contributed by atoms with Crippen molar-refractivity contribution in [3.05, 3.63) is 82.8 Å². The van der Waals surface area contributed by atoms with Gasteiger partial charge >= 0.3 is 0 Å². The maximum atomic E-state index is 12.3. The quantitative estimate of drug-likeness (QED) is 0.450. The van der Waals surface area contributed by atoms with Gasteiger partial charge in [-0.2, -0.15) is 10.2 Å². The van der Waals surface area contributed by atoms with Gasteiger partial charge < -0.3 is 10.1 Å². The van der Waals surface area contributed by atoms with Crippen LogP contribution < -0.4 is 10.1 Å². The number of rotatable bonds is 6. The van der Waals surface area contributed by atoms with E-state index in [1.807, 2.05) is 30.3 Å². The highest BCUT2D eigenvalue weighted by molar-refractivity contribution is 6.35. The lowest BCUT2D eigenvalue weighted by Crippen LogP contribution is -2.30. The Bertz CT molecular complexity index is 977. The molecular weight excluding hydrogens is 397 g/mol. The van der Waals surface area contributed by atoms with Gasteiger partial charge in [-0.15, -0.1) is 0 Å². The van der Waals surface area contributed by atoms with Crippen LogP contribution >= 0.6 is 23.2 Å². The third kappa shape index (κ3) is 5.55. The second-order valence-corrected chi connectivity index (χ2v) is 6.75. The number of carbonyl (C=O) groups excluding carboxylic acids is 1. The van der Waals surface area contributed by atoms with Crippen molar-refractivity contribution in [2.75, 3.05) is 5.32 Å². The van der Waals surface area contributed by atoms with Crippen molar-refractivity contribution in [2.45, 2.75) is 13.0 Å². The number of amides is 1. The molecule has 142 valence electrons. The fraction of sp³-hybridized carbons (Fsp3) is 0.0952. The summed E-state index contributed by atoms with van der Waals surface area (Å²) in [5.74, 6) is 0.0927. The molecule has 1 atom stereocenters. The number of nitrogens with one attached hydrogen (secondary N) is 1. The first-order chi connectivity index (χ1) is 13.5. The summed E-state index contributed by atoms with van der Waals surface area (Å²) in [5, 5.41) is 12.0. The van der Waals surface area contributed by atoms with Crippen molar-refractivity contribution in [2.24, 2.45) is 10.2 Å². The van der Waals surface area contributed by atoms with Gasteiger partial charge in [-0.05, 0) is 61.5 Å². The maximum Gasteiger partial charge on any atom is 0.265 e. The Morgan fingerprint density at radius 3 is 2.21 bits per heavy atom. The van der Waals surface area contributed by atoms with Gasteiger partial charge in [0.2, 0.25) is 0 Å². The third-order valence-electron chi connectivity index (χ3n) is 3.74. The van der Waals surface area contributed by atoms with Gasteiger partial charge in [0.1, 0.15) is 5.75 Å². The Balaban J connectivity index is 1.58. The van der Waals surface area contributed by atoms with E-state index in [0.717, 1.165) is 5.69 Å². The molecule has 1 N–H and O–H groups in total. The molecule has 3 aromatic rings. The molecule has 0 radical (unpaired) electrons. The monoisotopic (exact) mass is 413 g/mol. The summed E-state index contributed by atoms with van der Waals surface area (Å²) in [6.45, 7) is 1.64. The highest BCUT2D eigenvalue weighted by Crippen LogP contribution is 2.28. The van der Waals surface area contributed by atoms with E-state index in [4.69, 9.17) is 27.9 Å². The lowest BCUT2D eigenvalue weighted by molar-refractivity contribution is -0.122. The average Bonchev–Trinajstić information content (AvgIpc) is 2.70. The highest BCUT2D eigenvalue weighted by Gasteiger charge is 2.16. The van der Waals surface area contributed by atoms with Crippen LogP contribution in [0.3, 0.4) is 0 Å². The number of halogens is 2. The van der Waals surface area contributed by atoms with Crippen molar-refractivity contribution >= 4 is 46.2 Å². The van der Waals surface area contributed by atoms with Gasteiger partial charge in [0, 0.05) is 10.7 Å². The minimum Gasteiger partial charge on any atom is -0.479 e. The summed E-state index contributed by atoms with van der Waals surface area (Å²) in [6.07, 6.45) is -0.740. The molecule has 7 heteroatoms. The first-order valence-electron chi connectivity index (χ1n) is 8.51. The Morgan fingerprint density at radius 1 is 0.929 bits per heavy atom. The molecule has 0 saturated heterocycles. The first-order valence-corrected chi connectivity index (χ1v) is 9.26. The summed E-state index contributed by atoms with van der Waals surface area (Å²) >= 11 is 11.9. The average molecular weight is 414 g/mol. The Hall–Kier alpha value is -2.89. The van der Waals surface area contributed by atoms with Crippen molar-refractivity contribution in [3.8, 4) is 5.75 Å². The van der Waals surface area contributed by atoms with Crippen LogP contribution in [0.25, 0.3) is 0 Å². The lowest BCUT2D eigenvalue weighted by atomic mass is 10.2. The molecule has 0 saturated carbocycles. The largest absolute Gasteiger partial charge is 0.479 e. The molecule has 0 heterocycles. The van der Waals surface area contributed by atoms with Crippen molar-refractivity contribution in [1.29, 1.82) is 0 Å². The first kappa shape index (κ1) is 19.9. The van der Waals surface area contributed by atoms with Crippen LogP contribution in [0.2, 0.25) is 10.0 Å². The molecule has 5 nitrogen and oxygen atoms in total. The lowest BCUT2D eigenvalue weighted by Gasteiger charge is -2.15. The molecule has 1 amide bonds. The number of azo groups is 1. The molecule has 0 aliphatic rings. The van der Waals surface area contributed by atoms with Crippen LogP contribution in [0.5, 0.6) is 5.75 Å². The van der Waals surface area contributed by atoms with Gasteiger partial charge in [0.25, 0.3) is 5.91 Å². The number of carbonyl (C=O) groups is 1. The van der Waals surface area contributed by atoms with Crippen LogP contribution in [0.1, 0.15) is 6.92 Å². The molecule has 0 aliphatic heterocycles. The molecule has 3 rings (SSSR count). The van der Waals surface area contributed by atoms with E-state index in [1.165, 1.54) is 0 Å². The molecule has 28 heavy (non-hydrogen) atoms. The van der Waals surface area contributed by atoms with E-state index in [9.17, 15) is 4.79 Å². The minimum absolute atomic E-state index is 0.301. The van der Waals surface area contributed by atoms with E-state index in [-0.39, 0.29) is 5.91 Å². The highest BCUT2D eigenvalue weighted by atomic mass is 35.5. The van der Waals surface area contributed by atoms with E-state index in [1.54, 1.807) is 49.4 Å². The molecule has 0 fully saturated rings. The second-order valence-electron chi connectivity index (χ2n) is 5.91. The van der Waals surface area contributed by atoms with E-state index in [0.29, 0.717) is 27.2 Å². The SMILES string of the molecule is C[C@H](Oc1ccc(Cl)cc1Cl)C(=O)Nc1ccc(N=Nc2ccccc2)cc1. The number of hydrogen-bond donors (Lipinski definition) is 1. The maximum absolute atomic E-state index is 12.3. The van der Waals surface area contributed by atoms with Gasteiger partial charge in [-0.25, -0.2) is 0 Å². The Morgan fingerprint density at radius 2 is 1.57 bits per heavy atom. The fourth-order valence-electron chi connectivity index (χ4n) is 2.28. The summed E-state index contributed by atoms with van der Waals surface area (Å²) in [4.78, 5) is 12.3. The zero-order chi connectivity index (χ0) is 19.9. The number of nitrogens with zero attached hydrogens (tertiary/aromatic N) is 2. The summed E-state index contributed by atoms with van der Waals surface area (Å²) < 4.78 is 5.61. The smallest absolute Gasteiger partial charge is 0.265 e. The number of ether oxygens (including phenoxy) is 1. The molecule has 0 bridgehead atoms. The Kier molecular flexibility index (Phi) is 6.63. The van der Waals surface area contributed by atoms with Gasteiger partial charge in [0.05, 0.1) is 16.4 Å². The topological polar surface area (TPSA) is 63.0 Å². The summed E-state index contributed by atoms with van der Waals surface area (Å²) in [5.41, 5.74) is 2.08. The normalized spacial score (nSPS) is 12.0. The predicted octanol–water partition coefficient (Wildman–Crippen LogP) is 6.81. The van der Waals surface area contributed by atoms with Crippen molar-refractivity contribution in [1.82, 2.24) is 0 Å². The molecular formula is C21H17Cl2N3O2. The minimum atomic E-state index is -0.740.